The van der Waals surface area contributed by atoms with Crippen LogP contribution in [0, 0.1) is 16.0 Å². The second kappa shape index (κ2) is 10.7. The molecular weight excluding hydrogens is 444 g/mol. The van der Waals surface area contributed by atoms with Crippen LogP contribution in [-0.4, -0.2) is 37.3 Å². The number of rotatable bonds is 9. The largest absolute Gasteiger partial charge is 0.342 e. The summed E-state index contributed by atoms with van der Waals surface area (Å²) >= 11 is 1.18. The van der Waals surface area contributed by atoms with Gasteiger partial charge in [-0.15, -0.1) is 10.2 Å². The van der Waals surface area contributed by atoms with Gasteiger partial charge in [-0.1, -0.05) is 49.9 Å². The highest BCUT2D eigenvalue weighted by Crippen LogP contribution is 2.25. The number of benzene rings is 2. The summed E-state index contributed by atoms with van der Waals surface area (Å²) in [5, 5.41) is 25.5. The van der Waals surface area contributed by atoms with Crippen LogP contribution in [0.2, 0.25) is 0 Å². The number of nitro benzene ring substituents is 1. The highest BCUT2D eigenvalue weighted by Gasteiger charge is 2.25. The van der Waals surface area contributed by atoms with Gasteiger partial charge in [-0.05, 0) is 24.1 Å². The van der Waals surface area contributed by atoms with Gasteiger partial charge in [0.2, 0.25) is 5.91 Å². The molecule has 0 fully saturated rings. The van der Waals surface area contributed by atoms with E-state index in [4.69, 9.17) is 0 Å². The lowest BCUT2D eigenvalue weighted by molar-refractivity contribution is -0.384. The van der Waals surface area contributed by atoms with E-state index in [1.54, 1.807) is 41.9 Å². The van der Waals surface area contributed by atoms with Gasteiger partial charge in [0.25, 0.3) is 11.6 Å². The lowest BCUT2D eigenvalue weighted by Crippen LogP contribution is -2.33. The summed E-state index contributed by atoms with van der Waals surface area (Å²) in [5.41, 5.74) is 0.797. The first-order valence-electron chi connectivity index (χ1n) is 10.2. The van der Waals surface area contributed by atoms with Crippen molar-refractivity contribution in [1.82, 2.24) is 20.1 Å². The Morgan fingerprint density at radius 3 is 2.52 bits per heavy atom. The van der Waals surface area contributed by atoms with Crippen molar-refractivity contribution in [3.63, 3.8) is 0 Å². The van der Waals surface area contributed by atoms with Gasteiger partial charge in [-0.3, -0.25) is 19.7 Å². The zero-order chi connectivity index (χ0) is 24.0. The van der Waals surface area contributed by atoms with E-state index in [1.807, 2.05) is 19.9 Å². The van der Waals surface area contributed by atoms with Crippen LogP contribution in [-0.2, 0) is 11.8 Å². The van der Waals surface area contributed by atoms with E-state index in [1.165, 1.54) is 30.0 Å². The van der Waals surface area contributed by atoms with Crippen LogP contribution >= 0.6 is 11.8 Å². The Morgan fingerprint density at radius 1 is 1.12 bits per heavy atom. The van der Waals surface area contributed by atoms with Gasteiger partial charge < -0.3 is 15.2 Å². The molecule has 3 rings (SSSR count). The second-order valence-electron chi connectivity index (χ2n) is 7.61. The number of aromatic nitrogens is 3. The Hall–Kier alpha value is -3.73. The number of anilines is 1. The van der Waals surface area contributed by atoms with Crippen LogP contribution in [0.1, 0.15) is 36.1 Å². The number of hydrogen-bond donors (Lipinski definition) is 2. The van der Waals surface area contributed by atoms with Crippen molar-refractivity contribution in [2.24, 2.45) is 13.0 Å². The standard InChI is InChI=1S/C22H24N6O4S/c1-14(2)19(24-21(30)15-8-5-4-6-9-15)20-25-26-22(27(20)3)33-13-18(29)23-16-10-7-11-17(12-16)28(31)32/h4-12,14,19H,13H2,1-3H3,(H,23,29)(H,24,30)/t19-/m0/s1. The molecule has 1 atom stereocenters. The van der Waals surface area contributed by atoms with Crippen LogP contribution in [0.3, 0.4) is 0 Å². The lowest BCUT2D eigenvalue weighted by atomic mass is 10.0. The number of nitro groups is 1. The molecule has 0 aliphatic heterocycles. The number of hydrogen-bond acceptors (Lipinski definition) is 7. The summed E-state index contributed by atoms with van der Waals surface area (Å²) in [6, 6.07) is 14.3. The van der Waals surface area contributed by atoms with Crippen LogP contribution < -0.4 is 10.6 Å². The Balaban J connectivity index is 1.65. The fraction of sp³-hybridized carbons (Fsp3) is 0.273. The highest BCUT2D eigenvalue weighted by molar-refractivity contribution is 7.99. The summed E-state index contributed by atoms with van der Waals surface area (Å²) < 4.78 is 1.75. The number of carbonyl (C=O) groups excluding carboxylic acids is 2. The number of amides is 2. The van der Waals surface area contributed by atoms with Crippen LogP contribution in [0.4, 0.5) is 11.4 Å². The van der Waals surface area contributed by atoms with Gasteiger partial charge in [0.1, 0.15) is 0 Å². The number of non-ortho nitro benzene ring substituents is 1. The van der Waals surface area contributed by atoms with E-state index in [0.717, 1.165) is 0 Å². The molecule has 0 aliphatic rings. The molecule has 0 saturated heterocycles. The molecule has 33 heavy (non-hydrogen) atoms. The van der Waals surface area contributed by atoms with E-state index < -0.39 is 4.92 Å². The maximum Gasteiger partial charge on any atom is 0.271 e. The van der Waals surface area contributed by atoms with Crippen LogP contribution in [0.5, 0.6) is 0 Å². The van der Waals surface area contributed by atoms with E-state index in [9.17, 15) is 19.7 Å². The molecule has 1 aromatic heterocycles. The van der Waals surface area contributed by atoms with Crippen molar-refractivity contribution >= 4 is 35.0 Å². The minimum atomic E-state index is -0.521. The van der Waals surface area contributed by atoms with Crippen molar-refractivity contribution in [2.75, 3.05) is 11.1 Å². The van der Waals surface area contributed by atoms with Gasteiger partial charge in [0.05, 0.1) is 16.7 Å². The van der Waals surface area contributed by atoms with E-state index in [2.05, 4.69) is 20.8 Å². The predicted molar refractivity (Wildman–Crippen MR) is 125 cm³/mol. The number of thioether (sulfide) groups is 1. The first kappa shape index (κ1) is 23.9. The van der Waals surface area contributed by atoms with E-state index >= 15 is 0 Å². The van der Waals surface area contributed by atoms with Crippen molar-refractivity contribution in [2.45, 2.75) is 25.0 Å². The van der Waals surface area contributed by atoms with Crippen LogP contribution in [0.15, 0.2) is 59.8 Å². The molecule has 2 aromatic carbocycles. The van der Waals surface area contributed by atoms with Crippen molar-refractivity contribution in [3.05, 3.63) is 76.1 Å². The summed E-state index contributed by atoms with van der Waals surface area (Å²) in [7, 11) is 1.78. The molecule has 11 heteroatoms. The fourth-order valence-electron chi connectivity index (χ4n) is 3.09. The predicted octanol–water partition coefficient (Wildman–Crippen LogP) is 3.58. The zero-order valence-corrected chi connectivity index (χ0v) is 19.2. The van der Waals surface area contributed by atoms with Gasteiger partial charge in [0, 0.05) is 30.4 Å². The molecule has 172 valence electrons. The summed E-state index contributed by atoms with van der Waals surface area (Å²) in [6.07, 6.45) is 0. The Bertz CT molecular complexity index is 1150. The summed E-state index contributed by atoms with van der Waals surface area (Å²) in [6.45, 7) is 3.95. The lowest BCUT2D eigenvalue weighted by Gasteiger charge is -2.21. The third-order valence-electron chi connectivity index (χ3n) is 4.81. The molecule has 0 aliphatic carbocycles. The number of carbonyl (C=O) groups is 2. The Labute approximate surface area is 194 Å². The fourth-order valence-corrected chi connectivity index (χ4v) is 3.81. The normalized spacial score (nSPS) is 11.8. The summed E-state index contributed by atoms with van der Waals surface area (Å²) in [4.78, 5) is 35.3. The molecule has 2 amide bonds. The zero-order valence-electron chi connectivity index (χ0n) is 18.4. The maximum absolute atomic E-state index is 12.6. The SMILES string of the molecule is CC(C)[C@H](NC(=O)c1ccccc1)c1nnc(SCC(=O)Nc2cccc([N+](=O)[O-])c2)n1C. The minimum Gasteiger partial charge on any atom is -0.342 e. The highest BCUT2D eigenvalue weighted by atomic mass is 32.2. The van der Waals surface area contributed by atoms with Crippen molar-refractivity contribution < 1.29 is 14.5 Å². The van der Waals surface area contributed by atoms with Crippen LogP contribution in [0.25, 0.3) is 0 Å². The third-order valence-corrected chi connectivity index (χ3v) is 5.83. The first-order valence-corrected chi connectivity index (χ1v) is 11.2. The quantitative estimate of drug-likeness (QED) is 0.279. The average molecular weight is 469 g/mol. The molecule has 0 spiro atoms. The molecule has 2 N–H and O–H groups in total. The van der Waals surface area contributed by atoms with Gasteiger partial charge in [-0.2, -0.15) is 0 Å². The van der Waals surface area contributed by atoms with Crippen molar-refractivity contribution in [3.8, 4) is 0 Å². The topological polar surface area (TPSA) is 132 Å². The molecule has 0 unspecified atom stereocenters. The number of nitrogens with one attached hydrogen (secondary N) is 2. The van der Waals surface area contributed by atoms with Gasteiger partial charge in [-0.25, -0.2) is 0 Å². The maximum atomic E-state index is 12.6. The molecule has 0 saturated carbocycles. The monoisotopic (exact) mass is 468 g/mol. The second-order valence-corrected chi connectivity index (χ2v) is 8.55. The van der Waals surface area contributed by atoms with E-state index in [0.29, 0.717) is 22.2 Å². The average Bonchev–Trinajstić information content (AvgIpc) is 3.16. The van der Waals surface area contributed by atoms with Crippen molar-refractivity contribution in [1.29, 1.82) is 0 Å². The molecule has 0 radical (unpaired) electrons. The molecular formula is C22H24N6O4S. The van der Waals surface area contributed by atoms with Gasteiger partial charge in [0.15, 0.2) is 11.0 Å². The number of nitrogens with zero attached hydrogens (tertiary/aromatic N) is 4. The van der Waals surface area contributed by atoms with Gasteiger partial charge >= 0.3 is 0 Å². The molecule has 3 aromatic rings. The molecule has 1 heterocycles. The Morgan fingerprint density at radius 2 is 1.85 bits per heavy atom. The smallest absolute Gasteiger partial charge is 0.271 e. The molecule has 10 nitrogen and oxygen atoms in total. The Kier molecular flexibility index (Phi) is 7.78. The summed E-state index contributed by atoms with van der Waals surface area (Å²) in [5.74, 6) is 0.134. The van der Waals surface area contributed by atoms with E-state index in [-0.39, 0.29) is 35.2 Å². The molecule has 0 bridgehead atoms. The first-order chi connectivity index (χ1) is 15.8. The minimum absolute atomic E-state index is 0.0391. The third kappa shape index (κ3) is 6.16.